The van der Waals surface area contributed by atoms with Crippen molar-refractivity contribution in [1.29, 1.82) is 0 Å². The first-order valence-corrected chi connectivity index (χ1v) is 15.2. The van der Waals surface area contributed by atoms with Crippen LogP contribution in [0.4, 0.5) is 0 Å². The molecule has 8 heteroatoms. The predicted octanol–water partition coefficient (Wildman–Crippen LogP) is 6.64. The molecule has 0 bridgehead atoms. The maximum absolute atomic E-state index is 12.1. The maximum Gasteiger partial charge on any atom is 0.184 e. The van der Waals surface area contributed by atoms with Gasteiger partial charge in [-0.3, -0.25) is 4.90 Å². The van der Waals surface area contributed by atoms with E-state index in [4.69, 9.17) is 14.2 Å². The number of likely N-dealkylation sites (tertiary alicyclic amines) is 1. The molecule has 0 radical (unpaired) electrons. The van der Waals surface area contributed by atoms with Gasteiger partial charge >= 0.3 is 0 Å². The van der Waals surface area contributed by atoms with E-state index >= 15 is 0 Å². The highest BCUT2D eigenvalue weighted by molar-refractivity contribution is 7.92. The third kappa shape index (κ3) is 6.09. The van der Waals surface area contributed by atoms with Gasteiger partial charge < -0.3 is 14.2 Å². The van der Waals surface area contributed by atoms with Gasteiger partial charge in [0.15, 0.2) is 9.84 Å². The Balaban J connectivity index is 1.40. The van der Waals surface area contributed by atoms with E-state index in [9.17, 15) is 8.42 Å². The Morgan fingerprint density at radius 2 is 1.59 bits per heavy atom. The number of piperidine rings is 1. The predicted molar refractivity (Wildman–Crippen MR) is 149 cm³/mol. The molecule has 37 heavy (non-hydrogen) atoms. The molecule has 0 spiro atoms. The molecule has 1 aromatic heterocycles. The van der Waals surface area contributed by atoms with E-state index < -0.39 is 9.84 Å². The number of sulfone groups is 1. The Bertz CT molecular complexity index is 1470. The molecular weight excluding hydrogens is 506 g/mol. The van der Waals surface area contributed by atoms with Crippen LogP contribution in [-0.4, -0.2) is 52.9 Å². The Kier molecular flexibility index (Phi) is 7.69. The van der Waals surface area contributed by atoms with E-state index in [1.807, 2.05) is 60.7 Å². The van der Waals surface area contributed by atoms with Crippen molar-refractivity contribution in [1.82, 2.24) is 4.90 Å². The number of nitrogens with zero attached hydrogens (tertiary/aromatic N) is 1. The number of methoxy groups -OCH3 is 1. The van der Waals surface area contributed by atoms with Crippen molar-refractivity contribution in [2.75, 3.05) is 39.6 Å². The van der Waals surface area contributed by atoms with Crippen LogP contribution in [0.1, 0.15) is 19.3 Å². The lowest BCUT2D eigenvalue weighted by molar-refractivity contribution is 0.183. The highest BCUT2D eigenvalue weighted by Gasteiger charge is 2.18. The average molecular weight is 538 g/mol. The summed E-state index contributed by atoms with van der Waals surface area (Å²) in [5, 5.41) is 1.88. The zero-order valence-corrected chi connectivity index (χ0v) is 22.7. The molecule has 4 aromatic rings. The van der Waals surface area contributed by atoms with Crippen LogP contribution in [0.25, 0.3) is 21.2 Å². The fourth-order valence-corrected chi connectivity index (χ4v) is 6.52. The summed E-state index contributed by atoms with van der Waals surface area (Å²) in [5.74, 6) is 2.91. The molecule has 1 fully saturated rings. The van der Waals surface area contributed by atoms with Crippen molar-refractivity contribution < 1.29 is 22.6 Å². The van der Waals surface area contributed by atoms with E-state index in [0.29, 0.717) is 22.3 Å². The molecule has 1 aliphatic rings. The molecule has 0 aliphatic carbocycles. The fraction of sp³-hybridized carbons (Fsp3) is 0.310. The molecule has 0 unspecified atom stereocenters. The lowest BCUT2D eigenvalue weighted by Gasteiger charge is -2.26. The second-order valence-electron chi connectivity index (χ2n) is 9.24. The van der Waals surface area contributed by atoms with Gasteiger partial charge in [-0.1, -0.05) is 12.5 Å². The van der Waals surface area contributed by atoms with E-state index in [1.165, 1.54) is 36.9 Å². The van der Waals surface area contributed by atoms with Gasteiger partial charge in [-0.2, -0.15) is 0 Å². The van der Waals surface area contributed by atoms with Gasteiger partial charge in [0, 0.05) is 28.6 Å². The lowest BCUT2D eigenvalue weighted by atomic mass is 10.0. The number of ether oxygens (including phenoxy) is 3. The highest BCUT2D eigenvalue weighted by atomic mass is 32.2. The van der Waals surface area contributed by atoms with Crippen molar-refractivity contribution in [3.05, 3.63) is 66.7 Å². The van der Waals surface area contributed by atoms with Gasteiger partial charge in [-0.05, 0) is 92.0 Å². The highest BCUT2D eigenvalue weighted by Crippen LogP contribution is 2.43. The average Bonchev–Trinajstić information content (AvgIpc) is 3.41. The number of hydrogen-bond donors (Lipinski definition) is 0. The van der Waals surface area contributed by atoms with Crippen molar-refractivity contribution >= 4 is 31.9 Å². The van der Waals surface area contributed by atoms with E-state index in [-0.39, 0.29) is 0 Å². The Morgan fingerprint density at radius 3 is 2.30 bits per heavy atom. The lowest BCUT2D eigenvalue weighted by Crippen LogP contribution is -2.33. The molecule has 0 saturated carbocycles. The van der Waals surface area contributed by atoms with Crippen LogP contribution in [0.5, 0.6) is 23.0 Å². The van der Waals surface area contributed by atoms with Crippen LogP contribution in [0.2, 0.25) is 0 Å². The summed E-state index contributed by atoms with van der Waals surface area (Å²) < 4.78 is 42.3. The first-order valence-electron chi connectivity index (χ1n) is 12.4. The zero-order chi connectivity index (χ0) is 25.8. The first-order chi connectivity index (χ1) is 17.9. The van der Waals surface area contributed by atoms with Crippen LogP contribution in [0.3, 0.4) is 0 Å². The molecule has 0 atom stereocenters. The zero-order valence-electron chi connectivity index (χ0n) is 21.1. The smallest absolute Gasteiger partial charge is 0.184 e. The van der Waals surface area contributed by atoms with Crippen molar-refractivity contribution in [2.24, 2.45) is 0 Å². The monoisotopic (exact) mass is 537 g/mol. The summed E-state index contributed by atoms with van der Waals surface area (Å²) in [7, 11) is -1.65. The SMILES string of the molecule is COc1ccc2c(Oc3ccc(OCCN4CCCCC4)cc3)c(-c3ccc(S(C)(=O)=O)s3)ccc2c1. The molecule has 3 aromatic carbocycles. The van der Waals surface area contributed by atoms with Gasteiger partial charge in [0.25, 0.3) is 0 Å². The van der Waals surface area contributed by atoms with Crippen LogP contribution >= 0.6 is 11.3 Å². The van der Waals surface area contributed by atoms with Crippen molar-refractivity contribution in [3.8, 4) is 33.4 Å². The molecule has 194 valence electrons. The van der Waals surface area contributed by atoms with Crippen molar-refractivity contribution in [2.45, 2.75) is 23.5 Å². The van der Waals surface area contributed by atoms with E-state index in [0.717, 1.165) is 52.3 Å². The second-order valence-corrected chi connectivity index (χ2v) is 12.6. The number of thiophene rings is 1. The summed E-state index contributed by atoms with van der Waals surface area (Å²) in [6.45, 7) is 3.92. The van der Waals surface area contributed by atoms with Gasteiger partial charge in [-0.15, -0.1) is 11.3 Å². The van der Waals surface area contributed by atoms with E-state index in [1.54, 1.807) is 13.2 Å². The summed E-state index contributed by atoms with van der Waals surface area (Å²) in [4.78, 5) is 3.28. The normalized spacial score (nSPS) is 14.5. The molecule has 0 N–H and O–H groups in total. The number of fused-ring (bicyclic) bond motifs is 1. The Labute approximate surface area is 222 Å². The first kappa shape index (κ1) is 25.6. The van der Waals surface area contributed by atoms with Crippen LogP contribution in [0.15, 0.2) is 70.9 Å². The summed E-state index contributed by atoms with van der Waals surface area (Å²) >= 11 is 1.24. The van der Waals surface area contributed by atoms with E-state index in [2.05, 4.69) is 4.90 Å². The summed E-state index contributed by atoms with van der Waals surface area (Å²) in [6.07, 6.45) is 5.10. The quantitative estimate of drug-likeness (QED) is 0.239. The van der Waals surface area contributed by atoms with Gasteiger partial charge in [-0.25, -0.2) is 8.42 Å². The summed E-state index contributed by atoms with van der Waals surface area (Å²) in [5.41, 5.74) is 0.833. The minimum absolute atomic E-state index is 0.328. The third-order valence-electron chi connectivity index (χ3n) is 6.56. The molecule has 2 heterocycles. The molecule has 1 aliphatic heterocycles. The standard InChI is InChI=1S/C29H31NO5S2/c1-33-24-11-13-25-21(20-24)6-12-26(27-14-15-28(36-27)37(2,31)32)29(25)35-23-9-7-22(8-10-23)34-19-18-30-16-4-3-5-17-30/h6-15,20H,3-5,16-19H2,1-2H3. The number of rotatable bonds is 9. The second kappa shape index (κ2) is 11.1. The molecule has 0 amide bonds. The molecule has 1 saturated heterocycles. The Hall–Kier alpha value is -3.07. The van der Waals surface area contributed by atoms with Crippen LogP contribution in [-0.2, 0) is 9.84 Å². The molecule has 5 rings (SSSR count). The largest absolute Gasteiger partial charge is 0.497 e. The minimum atomic E-state index is -3.29. The summed E-state index contributed by atoms with van der Waals surface area (Å²) in [6, 6.07) is 20.9. The van der Waals surface area contributed by atoms with Gasteiger partial charge in [0.05, 0.1) is 7.11 Å². The fourth-order valence-electron chi connectivity index (χ4n) is 4.57. The topological polar surface area (TPSA) is 65.1 Å². The third-order valence-corrected chi connectivity index (χ3v) is 9.50. The minimum Gasteiger partial charge on any atom is -0.497 e. The molecular formula is C29H31NO5S2. The van der Waals surface area contributed by atoms with Gasteiger partial charge in [0.1, 0.15) is 33.8 Å². The van der Waals surface area contributed by atoms with Crippen molar-refractivity contribution in [3.63, 3.8) is 0 Å². The Morgan fingerprint density at radius 1 is 0.865 bits per heavy atom. The number of benzene rings is 3. The number of hydrogen-bond acceptors (Lipinski definition) is 7. The van der Waals surface area contributed by atoms with Crippen LogP contribution in [0, 0.1) is 0 Å². The molecule has 6 nitrogen and oxygen atoms in total. The van der Waals surface area contributed by atoms with Gasteiger partial charge in [0.2, 0.25) is 0 Å². The van der Waals surface area contributed by atoms with Crippen LogP contribution < -0.4 is 14.2 Å². The maximum atomic E-state index is 12.1.